The molecule has 0 fully saturated rings. The third-order valence-electron chi connectivity index (χ3n) is 0.815. The maximum absolute atomic E-state index is 10.8. The summed E-state index contributed by atoms with van der Waals surface area (Å²) in [6.07, 6.45) is 0. The summed E-state index contributed by atoms with van der Waals surface area (Å²) in [5, 5.41) is 8.34. The van der Waals surface area contributed by atoms with Crippen molar-refractivity contribution in [3.63, 3.8) is 0 Å². The molecule has 11 heavy (non-hydrogen) atoms. The summed E-state index contributed by atoms with van der Waals surface area (Å²) in [5.41, 5.74) is -0.200. The van der Waals surface area contributed by atoms with E-state index in [1.807, 2.05) is 0 Å². The van der Waals surface area contributed by atoms with Crippen LogP contribution in [0.1, 0.15) is 6.92 Å². The Hall–Kier alpha value is -1.59. The van der Waals surface area contributed by atoms with E-state index in [-0.39, 0.29) is 12.2 Å². The maximum Gasteiger partial charge on any atom is 0.358 e. The standard InChI is InChI=1S/C7H8N2O2/c1-3-11-7(10)6(4-8)5-9-2/h3H2,1-2H3. The number of carbonyl (C=O) groups is 1. The van der Waals surface area contributed by atoms with Gasteiger partial charge in [-0.15, -0.1) is 0 Å². The zero-order valence-electron chi connectivity index (χ0n) is 6.42. The fraction of sp³-hybridized carbons (Fsp3) is 0.429. The molecular formula is C7H8N2O2. The minimum atomic E-state index is -0.680. The second kappa shape index (κ2) is 5.21. The van der Waals surface area contributed by atoms with Gasteiger partial charge < -0.3 is 4.74 Å². The van der Waals surface area contributed by atoms with Gasteiger partial charge in [0.15, 0.2) is 5.57 Å². The lowest BCUT2D eigenvalue weighted by Gasteiger charge is -1.94. The number of ether oxygens (including phenoxy) is 1. The zero-order chi connectivity index (χ0) is 8.69. The van der Waals surface area contributed by atoms with Gasteiger partial charge in [0.2, 0.25) is 0 Å². The van der Waals surface area contributed by atoms with Gasteiger partial charge in [-0.3, -0.25) is 0 Å². The second-order valence-corrected chi connectivity index (χ2v) is 1.54. The zero-order valence-corrected chi connectivity index (χ0v) is 6.42. The molecule has 0 amide bonds. The predicted molar refractivity (Wildman–Crippen MR) is 39.1 cm³/mol. The first-order valence-corrected chi connectivity index (χ1v) is 3.05. The molecule has 0 atom stereocenters. The van der Waals surface area contributed by atoms with E-state index in [4.69, 9.17) is 5.26 Å². The van der Waals surface area contributed by atoms with E-state index < -0.39 is 5.97 Å². The van der Waals surface area contributed by atoms with Crippen LogP contribution in [0, 0.1) is 11.3 Å². The molecule has 0 radical (unpaired) electrons. The van der Waals surface area contributed by atoms with Crippen molar-refractivity contribution >= 4 is 11.8 Å². The molecule has 58 valence electrons. The average Bonchev–Trinajstić information content (AvgIpc) is 2.00. The van der Waals surface area contributed by atoms with Crippen LogP contribution >= 0.6 is 0 Å². The Balaban J connectivity index is 4.44. The molecule has 0 saturated carbocycles. The number of nitriles is 1. The molecule has 0 rings (SSSR count). The first-order chi connectivity index (χ1) is 5.26. The Labute approximate surface area is 64.8 Å². The normalized spacial score (nSPS) is 7.36. The van der Waals surface area contributed by atoms with E-state index >= 15 is 0 Å². The highest BCUT2D eigenvalue weighted by Gasteiger charge is 2.07. The molecular weight excluding hydrogens is 144 g/mol. The van der Waals surface area contributed by atoms with Gasteiger partial charge in [0.05, 0.1) is 6.61 Å². The summed E-state index contributed by atoms with van der Waals surface area (Å²) < 4.78 is 4.53. The molecule has 0 aromatic heterocycles. The largest absolute Gasteiger partial charge is 0.461 e. The molecule has 0 unspecified atom stereocenters. The summed E-state index contributed by atoms with van der Waals surface area (Å²) in [5.74, 6) is 1.54. The lowest BCUT2D eigenvalue weighted by molar-refractivity contribution is -0.137. The van der Waals surface area contributed by atoms with Gasteiger partial charge in [-0.05, 0) is 6.92 Å². The summed E-state index contributed by atoms with van der Waals surface area (Å²) in [7, 11) is 1.43. The van der Waals surface area contributed by atoms with Crippen molar-refractivity contribution in [1.82, 2.24) is 0 Å². The lowest BCUT2D eigenvalue weighted by atomic mass is 10.3. The highest BCUT2D eigenvalue weighted by atomic mass is 16.5. The summed E-state index contributed by atoms with van der Waals surface area (Å²) in [6, 6.07) is 1.62. The molecule has 0 spiro atoms. The number of hydrogen-bond donors (Lipinski definition) is 0. The Morgan fingerprint density at radius 3 is 2.73 bits per heavy atom. The molecule has 0 heterocycles. The quantitative estimate of drug-likeness (QED) is 0.247. The van der Waals surface area contributed by atoms with Crippen LogP contribution in [0.5, 0.6) is 0 Å². The van der Waals surface area contributed by atoms with E-state index in [1.54, 1.807) is 13.0 Å². The number of nitrogens with zero attached hydrogens (tertiary/aromatic N) is 2. The SMILES string of the molecule is CCOC(=O)C(=C=NC)C#N. The Morgan fingerprint density at radius 2 is 2.36 bits per heavy atom. The van der Waals surface area contributed by atoms with Gasteiger partial charge in [0.25, 0.3) is 0 Å². The molecule has 0 aromatic rings. The van der Waals surface area contributed by atoms with Crippen molar-refractivity contribution in [2.45, 2.75) is 6.92 Å². The molecule has 0 aromatic carbocycles. The van der Waals surface area contributed by atoms with Gasteiger partial charge >= 0.3 is 5.97 Å². The van der Waals surface area contributed by atoms with Gasteiger partial charge in [-0.25, -0.2) is 9.79 Å². The van der Waals surface area contributed by atoms with Crippen molar-refractivity contribution in [3.8, 4) is 6.07 Å². The predicted octanol–water partition coefficient (Wildman–Crippen LogP) is 0.299. The highest BCUT2D eigenvalue weighted by Crippen LogP contribution is 1.89. The minimum Gasteiger partial charge on any atom is -0.461 e. The van der Waals surface area contributed by atoms with Crippen LogP contribution in [0.3, 0.4) is 0 Å². The van der Waals surface area contributed by atoms with Crippen LogP contribution in [0.2, 0.25) is 0 Å². The molecule has 0 aliphatic rings. The van der Waals surface area contributed by atoms with E-state index in [9.17, 15) is 4.79 Å². The number of esters is 1. The highest BCUT2D eigenvalue weighted by molar-refractivity contribution is 6.01. The smallest absolute Gasteiger partial charge is 0.358 e. The Morgan fingerprint density at radius 1 is 1.73 bits per heavy atom. The summed E-state index contributed by atoms with van der Waals surface area (Å²) in [6.45, 7) is 1.91. The van der Waals surface area contributed by atoms with Gasteiger partial charge in [-0.1, -0.05) is 0 Å². The van der Waals surface area contributed by atoms with Gasteiger partial charge in [-0.2, -0.15) is 5.26 Å². The van der Waals surface area contributed by atoms with Crippen LogP contribution in [0.4, 0.5) is 0 Å². The molecule has 0 N–H and O–H groups in total. The average molecular weight is 152 g/mol. The van der Waals surface area contributed by atoms with Gasteiger partial charge in [0.1, 0.15) is 6.07 Å². The molecule has 0 bridgehead atoms. The number of aliphatic imine (C=N–C) groups is 1. The van der Waals surface area contributed by atoms with Crippen molar-refractivity contribution in [2.75, 3.05) is 13.7 Å². The second-order valence-electron chi connectivity index (χ2n) is 1.54. The summed E-state index contributed by atoms with van der Waals surface area (Å²) in [4.78, 5) is 14.2. The van der Waals surface area contributed by atoms with Crippen molar-refractivity contribution in [1.29, 1.82) is 5.26 Å². The third-order valence-corrected chi connectivity index (χ3v) is 0.815. The van der Waals surface area contributed by atoms with E-state index in [1.165, 1.54) is 7.05 Å². The van der Waals surface area contributed by atoms with E-state index in [2.05, 4.69) is 15.6 Å². The van der Waals surface area contributed by atoms with Crippen LogP contribution in [-0.4, -0.2) is 25.5 Å². The Kier molecular flexibility index (Phi) is 4.46. The van der Waals surface area contributed by atoms with Crippen molar-refractivity contribution in [3.05, 3.63) is 5.57 Å². The van der Waals surface area contributed by atoms with Crippen LogP contribution in [0.25, 0.3) is 0 Å². The van der Waals surface area contributed by atoms with E-state index in [0.29, 0.717) is 0 Å². The van der Waals surface area contributed by atoms with Crippen molar-refractivity contribution < 1.29 is 9.53 Å². The lowest BCUT2D eigenvalue weighted by Crippen LogP contribution is -2.06. The number of hydrogen-bond acceptors (Lipinski definition) is 4. The molecule has 4 nitrogen and oxygen atoms in total. The maximum atomic E-state index is 10.8. The third kappa shape index (κ3) is 3.19. The first kappa shape index (κ1) is 9.41. The topological polar surface area (TPSA) is 62.4 Å². The molecule has 4 heteroatoms. The minimum absolute atomic E-state index is 0.200. The summed E-state index contributed by atoms with van der Waals surface area (Å²) >= 11 is 0. The Bertz CT molecular complexity index is 244. The molecule has 0 aliphatic heterocycles. The van der Waals surface area contributed by atoms with Crippen molar-refractivity contribution in [2.24, 2.45) is 4.99 Å². The fourth-order valence-corrected chi connectivity index (χ4v) is 0.431. The molecule has 0 saturated heterocycles. The monoisotopic (exact) mass is 152 g/mol. The fourth-order valence-electron chi connectivity index (χ4n) is 0.431. The van der Waals surface area contributed by atoms with E-state index in [0.717, 1.165) is 0 Å². The van der Waals surface area contributed by atoms with Crippen LogP contribution in [-0.2, 0) is 9.53 Å². The van der Waals surface area contributed by atoms with Crippen LogP contribution in [0.15, 0.2) is 10.6 Å². The van der Waals surface area contributed by atoms with Gasteiger partial charge in [0, 0.05) is 12.9 Å². The molecule has 0 aliphatic carbocycles. The number of carbonyl (C=O) groups excluding carboxylic acids is 1. The first-order valence-electron chi connectivity index (χ1n) is 3.05. The van der Waals surface area contributed by atoms with Crippen LogP contribution < -0.4 is 0 Å². The number of rotatable bonds is 2.